The average molecular weight is 450 g/mol. The van der Waals surface area contributed by atoms with Crippen LogP contribution in [0.4, 0.5) is 8.78 Å². The first-order chi connectivity index (χ1) is 14.8. The first-order valence-electron chi connectivity index (χ1n) is 9.68. The number of aliphatic hydroxyl groups is 3. The van der Waals surface area contributed by atoms with Crippen molar-refractivity contribution in [2.45, 2.75) is 24.5 Å². The number of halogens is 2. The number of ketones is 2. The highest BCUT2D eigenvalue weighted by Crippen LogP contribution is 2.53. The zero-order valence-corrected chi connectivity index (χ0v) is 17.0. The van der Waals surface area contributed by atoms with Crippen LogP contribution in [0.2, 0.25) is 0 Å². The minimum Gasteiger partial charge on any atom is -0.508 e. The number of phenolic OH excluding ortho intramolecular Hbond substituents is 1. The van der Waals surface area contributed by atoms with Crippen LogP contribution in [-0.2, 0) is 20.8 Å². The van der Waals surface area contributed by atoms with Gasteiger partial charge in [0.1, 0.15) is 22.9 Å². The predicted octanol–water partition coefficient (Wildman–Crippen LogP) is 0.242. The third kappa shape index (κ3) is 2.58. The second kappa shape index (κ2) is 6.84. The molecule has 0 heterocycles. The molecule has 4 atom stereocenters. The molecule has 1 amide bonds. The Kier molecular flexibility index (Phi) is 4.68. The van der Waals surface area contributed by atoms with Crippen LogP contribution < -0.4 is 5.73 Å². The topological polar surface area (TPSA) is 161 Å². The Morgan fingerprint density at radius 1 is 1.19 bits per heavy atom. The summed E-state index contributed by atoms with van der Waals surface area (Å²) in [5.41, 5.74) is 0.150. The Hall–Kier alpha value is -3.31. The fourth-order valence-electron chi connectivity index (χ4n) is 5.24. The van der Waals surface area contributed by atoms with Crippen LogP contribution in [-0.4, -0.2) is 68.5 Å². The number of rotatable bonds is 2. The molecule has 4 rings (SSSR count). The molecule has 6 N–H and O–H groups in total. The molecule has 1 saturated carbocycles. The van der Waals surface area contributed by atoms with Crippen molar-refractivity contribution in [2.24, 2.45) is 17.6 Å². The number of aliphatic hydroxyl groups excluding tert-OH is 2. The molecule has 0 spiro atoms. The van der Waals surface area contributed by atoms with Gasteiger partial charge in [0.25, 0.3) is 5.91 Å². The summed E-state index contributed by atoms with van der Waals surface area (Å²) < 4.78 is 28.3. The number of likely N-dealkylation sites (N-methyl/N-ethyl adjacent to an activating group) is 1. The van der Waals surface area contributed by atoms with Gasteiger partial charge in [-0.3, -0.25) is 19.3 Å². The van der Waals surface area contributed by atoms with E-state index in [0.29, 0.717) is 6.07 Å². The molecule has 3 aliphatic rings. The fourth-order valence-corrected chi connectivity index (χ4v) is 5.24. The van der Waals surface area contributed by atoms with E-state index in [9.17, 15) is 43.6 Å². The first-order valence-corrected chi connectivity index (χ1v) is 9.68. The highest BCUT2D eigenvalue weighted by Gasteiger charge is 2.64. The van der Waals surface area contributed by atoms with Crippen molar-refractivity contribution in [3.63, 3.8) is 0 Å². The maximum Gasteiger partial charge on any atom is 0.255 e. The third-order valence-corrected chi connectivity index (χ3v) is 6.62. The van der Waals surface area contributed by atoms with E-state index >= 15 is 0 Å². The van der Waals surface area contributed by atoms with Crippen LogP contribution >= 0.6 is 0 Å². The standard InChI is InChI=1S/C21H20F2N2O7/c1-25(2)14-8-4-6-3-7-9(22)5-10(23)15(26)12(7)16(27)11(6)18(29)21(8,32)19(30)13(17(14)28)20(24)31/h5-6,8,14,26-27,30,32H,3-4H2,1-2H3,(H2,24,31)/t6-,8-,14-,21-/m0/s1. The Morgan fingerprint density at radius 3 is 2.38 bits per heavy atom. The van der Waals surface area contributed by atoms with E-state index in [4.69, 9.17) is 5.73 Å². The van der Waals surface area contributed by atoms with E-state index in [-0.39, 0.29) is 18.4 Å². The van der Waals surface area contributed by atoms with Gasteiger partial charge in [-0.1, -0.05) is 0 Å². The van der Waals surface area contributed by atoms with Crippen LogP contribution in [0.5, 0.6) is 5.75 Å². The van der Waals surface area contributed by atoms with E-state index in [0.717, 1.165) is 0 Å². The number of fused-ring (bicyclic) bond motifs is 3. The molecule has 0 bridgehead atoms. The molecule has 0 radical (unpaired) electrons. The molecular formula is C21H20F2N2O7. The van der Waals surface area contributed by atoms with Crippen LogP contribution in [0.1, 0.15) is 17.5 Å². The Balaban J connectivity index is 2.00. The lowest BCUT2D eigenvalue weighted by Gasteiger charge is -2.50. The molecule has 0 unspecified atom stereocenters. The predicted molar refractivity (Wildman–Crippen MR) is 104 cm³/mol. The second-order valence-corrected chi connectivity index (χ2v) is 8.50. The van der Waals surface area contributed by atoms with Gasteiger partial charge >= 0.3 is 0 Å². The number of primary amides is 1. The van der Waals surface area contributed by atoms with E-state index in [1.807, 2.05) is 0 Å². The number of nitrogens with zero attached hydrogens (tertiary/aromatic N) is 1. The zero-order chi connectivity index (χ0) is 23.9. The van der Waals surface area contributed by atoms with Gasteiger partial charge in [0.15, 0.2) is 23.0 Å². The average Bonchev–Trinajstić information content (AvgIpc) is 2.68. The Morgan fingerprint density at radius 2 is 1.81 bits per heavy atom. The lowest BCUT2D eigenvalue weighted by atomic mass is 9.57. The molecule has 3 aliphatic carbocycles. The van der Waals surface area contributed by atoms with E-state index in [2.05, 4.69) is 0 Å². The number of aromatic hydroxyl groups is 1. The summed E-state index contributed by atoms with van der Waals surface area (Å²) in [5, 5.41) is 42.8. The van der Waals surface area contributed by atoms with Gasteiger partial charge in [-0.15, -0.1) is 0 Å². The van der Waals surface area contributed by atoms with Gasteiger partial charge in [0, 0.05) is 23.1 Å². The molecule has 1 aromatic carbocycles. The second-order valence-electron chi connectivity index (χ2n) is 8.50. The number of benzene rings is 1. The van der Waals surface area contributed by atoms with Crippen molar-refractivity contribution < 1.29 is 43.6 Å². The monoisotopic (exact) mass is 450 g/mol. The molecular weight excluding hydrogens is 430 g/mol. The molecule has 9 nitrogen and oxygen atoms in total. The maximum absolute atomic E-state index is 14.4. The molecule has 1 aromatic rings. The normalized spacial score (nSPS) is 29.8. The van der Waals surface area contributed by atoms with E-state index in [1.165, 1.54) is 19.0 Å². The smallest absolute Gasteiger partial charge is 0.255 e. The van der Waals surface area contributed by atoms with Crippen molar-refractivity contribution in [3.8, 4) is 5.75 Å². The zero-order valence-electron chi connectivity index (χ0n) is 17.0. The minimum absolute atomic E-state index is 0.177. The number of hydrogen-bond donors (Lipinski definition) is 5. The quantitative estimate of drug-likeness (QED) is 0.401. The molecule has 1 fully saturated rings. The highest BCUT2D eigenvalue weighted by molar-refractivity contribution is 6.24. The summed E-state index contributed by atoms with van der Waals surface area (Å²) in [5.74, 6) is -11.3. The van der Waals surface area contributed by atoms with Crippen LogP contribution in [0.25, 0.3) is 5.76 Å². The van der Waals surface area contributed by atoms with Gasteiger partial charge < -0.3 is 26.2 Å². The lowest BCUT2D eigenvalue weighted by molar-refractivity contribution is -0.153. The van der Waals surface area contributed by atoms with Crippen LogP contribution in [0, 0.1) is 23.5 Å². The van der Waals surface area contributed by atoms with E-state index in [1.54, 1.807) is 0 Å². The van der Waals surface area contributed by atoms with Gasteiger partial charge in [0.05, 0.1) is 11.6 Å². The summed E-state index contributed by atoms with van der Waals surface area (Å²) in [6, 6.07) is -0.785. The number of amides is 1. The van der Waals surface area contributed by atoms with Crippen LogP contribution in [0.3, 0.4) is 0 Å². The minimum atomic E-state index is -2.80. The van der Waals surface area contributed by atoms with Crippen molar-refractivity contribution in [1.29, 1.82) is 0 Å². The molecule has 0 aliphatic heterocycles. The summed E-state index contributed by atoms with van der Waals surface area (Å²) in [6.45, 7) is 0. The molecule has 170 valence electrons. The fraction of sp³-hybridized carbons (Fsp3) is 0.381. The van der Waals surface area contributed by atoms with Crippen molar-refractivity contribution in [3.05, 3.63) is 45.7 Å². The van der Waals surface area contributed by atoms with Crippen molar-refractivity contribution >= 4 is 23.2 Å². The molecule has 0 saturated heterocycles. The molecule has 32 heavy (non-hydrogen) atoms. The number of carbonyl (C=O) groups is 3. The summed E-state index contributed by atoms with van der Waals surface area (Å²) in [6.07, 6.45) is -0.419. The van der Waals surface area contributed by atoms with Gasteiger partial charge in [-0.05, 0) is 32.9 Å². The number of Topliss-reactive ketones (excluding diaryl/α,β-unsaturated/α-hetero) is 2. The van der Waals surface area contributed by atoms with Gasteiger partial charge in [-0.25, -0.2) is 8.78 Å². The Bertz CT molecular complexity index is 1170. The summed E-state index contributed by atoms with van der Waals surface area (Å²) in [4.78, 5) is 39.6. The Labute approximate surface area is 180 Å². The SMILES string of the molecule is CN(C)[C@@H]1C(=O)C(C(N)=O)=C(O)[C@@]2(O)C(=O)C3=C(O)c4c(O)c(F)cc(F)c4C[C@H]3C[C@@H]12. The van der Waals surface area contributed by atoms with E-state index < -0.39 is 86.6 Å². The highest BCUT2D eigenvalue weighted by atomic mass is 19.1. The third-order valence-electron chi connectivity index (χ3n) is 6.62. The molecule has 11 heteroatoms. The van der Waals surface area contributed by atoms with Crippen molar-refractivity contribution in [2.75, 3.05) is 14.1 Å². The number of nitrogens with two attached hydrogens (primary N) is 1. The number of hydrogen-bond acceptors (Lipinski definition) is 8. The lowest BCUT2D eigenvalue weighted by Crippen LogP contribution is -2.65. The van der Waals surface area contributed by atoms with Gasteiger partial charge in [-0.2, -0.15) is 0 Å². The number of phenols is 1. The largest absolute Gasteiger partial charge is 0.508 e. The van der Waals surface area contributed by atoms with Crippen LogP contribution in [0.15, 0.2) is 23.0 Å². The summed E-state index contributed by atoms with van der Waals surface area (Å²) in [7, 11) is 2.93. The van der Waals surface area contributed by atoms with Crippen molar-refractivity contribution in [1.82, 2.24) is 4.90 Å². The first kappa shape index (κ1) is 21.9. The molecule has 0 aromatic heterocycles. The number of carbonyl (C=O) groups excluding carboxylic acids is 3. The maximum atomic E-state index is 14.4. The van der Waals surface area contributed by atoms with Gasteiger partial charge in [0.2, 0.25) is 5.78 Å². The summed E-state index contributed by atoms with van der Waals surface area (Å²) >= 11 is 0.